The van der Waals surface area contributed by atoms with Crippen LogP contribution in [0.25, 0.3) is 0 Å². The second kappa shape index (κ2) is 5.72. The van der Waals surface area contributed by atoms with Gasteiger partial charge < -0.3 is 10.6 Å². The quantitative estimate of drug-likeness (QED) is 0.809. The van der Waals surface area contributed by atoms with Crippen molar-refractivity contribution in [2.24, 2.45) is 34.5 Å². The van der Waals surface area contributed by atoms with Crippen molar-refractivity contribution in [2.45, 2.75) is 90.1 Å². The van der Waals surface area contributed by atoms with Crippen LogP contribution in [0.1, 0.15) is 78.1 Å². The molecule has 6 fully saturated rings. The fourth-order valence-corrected chi connectivity index (χ4v) is 7.51. The predicted molar refractivity (Wildman–Crippen MR) is 100 cm³/mol. The first-order chi connectivity index (χ1) is 12.4. The van der Waals surface area contributed by atoms with E-state index in [9.17, 15) is 9.59 Å². The molecular formula is C22H34N2O2. The first kappa shape index (κ1) is 17.1. The van der Waals surface area contributed by atoms with Crippen LogP contribution in [-0.4, -0.2) is 23.9 Å². The van der Waals surface area contributed by atoms with Gasteiger partial charge in [0.25, 0.3) is 0 Å². The van der Waals surface area contributed by atoms with Crippen molar-refractivity contribution in [2.75, 3.05) is 0 Å². The fourth-order valence-electron chi connectivity index (χ4n) is 7.51. The summed E-state index contributed by atoms with van der Waals surface area (Å²) in [6, 6.07) is 0.762. The Labute approximate surface area is 157 Å². The molecule has 2 N–H and O–H groups in total. The van der Waals surface area contributed by atoms with Gasteiger partial charge in [0.15, 0.2) is 0 Å². The lowest BCUT2D eigenvalue weighted by Gasteiger charge is -2.61. The molecule has 0 aliphatic heterocycles. The molecule has 4 heteroatoms. The first-order valence-electron chi connectivity index (χ1n) is 11.0. The summed E-state index contributed by atoms with van der Waals surface area (Å²) in [5.74, 6) is 3.20. The minimum absolute atomic E-state index is 0.257. The van der Waals surface area contributed by atoms with E-state index >= 15 is 0 Å². The minimum atomic E-state index is -0.257. The second-order valence-electron chi connectivity index (χ2n) is 11.0. The van der Waals surface area contributed by atoms with Crippen molar-refractivity contribution < 1.29 is 9.59 Å². The number of carbonyl (C=O) groups is 2. The van der Waals surface area contributed by atoms with Gasteiger partial charge in [-0.1, -0.05) is 13.8 Å². The molecule has 0 spiro atoms. The van der Waals surface area contributed by atoms with Crippen LogP contribution in [0.3, 0.4) is 0 Å². The fraction of sp³-hybridized carbons (Fsp3) is 0.909. The lowest BCUT2D eigenvalue weighted by atomic mass is 9.43. The van der Waals surface area contributed by atoms with E-state index in [4.69, 9.17) is 0 Å². The molecule has 4 nitrogen and oxygen atoms in total. The summed E-state index contributed by atoms with van der Waals surface area (Å²) in [5.41, 5.74) is -0.514. The summed E-state index contributed by atoms with van der Waals surface area (Å²) < 4.78 is 0. The molecule has 144 valence electrons. The number of hydrogen-bond donors (Lipinski definition) is 2. The van der Waals surface area contributed by atoms with Crippen molar-refractivity contribution in [3.63, 3.8) is 0 Å². The Hall–Kier alpha value is -1.06. The van der Waals surface area contributed by atoms with Gasteiger partial charge in [-0.15, -0.1) is 0 Å². The van der Waals surface area contributed by atoms with Crippen LogP contribution in [0.15, 0.2) is 0 Å². The zero-order valence-electron chi connectivity index (χ0n) is 16.4. The number of nitrogens with one attached hydrogen (secondary N) is 2. The van der Waals surface area contributed by atoms with E-state index in [-0.39, 0.29) is 22.6 Å². The lowest BCUT2D eigenvalue weighted by Crippen LogP contribution is -2.63. The molecule has 4 bridgehead atoms. The zero-order valence-corrected chi connectivity index (χ0v) is 16.4. The molecule has 26 heavy (non-hydrogen) atoms. The molecule has 0 heterocycles. The van der Waals surface area contributed by atoms with Crippen LogP contribution in [0.5, 0.6) is 0 Å². The SMILES string of the molecule is CC1CC(NC(=O)C23CC4CC(C2)CC(C(=O)NC2CC(C)C2)(C4)C3)C1. The van der Waals surface area contributed by atoms with E-state index in [2.05, 4.69) is 24.5 Å². The minimum Gasteiger partial charge on any atom is -0.353 e. The van der Waals surface area contributed by atoms with Gasteiger partial charge in [-0.25, -0.2) is 0 Å². The summed E-state index contributed by atoms with van der Waals surface area (Å²) >= 11 is 0. The van der Waals surface area contributed by atoms with Crippen molar-refractivity contribution in [3.05, 3.63) is 0 Å². The highest BCUT2D eigenvalue weighted by molar-refractivity contribution is 5.88. The maximum absolute atomic E-state index is 13.3. The Kier molecular flexibility index (Phi) is 3.75. The third-order valence-electron chi connectivity index (χ3n) is 8.44. The molecule has 0 saturated heterocycles. The molecule has 6 aliphatic carbocycles. The van der Waals surface area contributed by atoms with E-state index in [1.165, 1.54) is 6.42 Å². The van der Waals surface area contributed by atoms with Crippen LogP contribution in [-0.2, 0) is 9.59 Å². The Morgan fingerprint density at radius 3 is 1.42 bits per heavy atom. The summed E-state index contributed by atoms with van der Waals surface area (Å²) in [5, 5.41) is 6.72. The number of rotatable bonds is 4. The number of hydrogen-bond acceptors (Lipinski definition) is 2. The van der Waals surface area contributed by atoms with E-state index in [0.29, 0.717) is 23.9 Å². The van der Waals surface area contributed by atoms with Gasteiger partial charge in [-0.2, -0.15) is 0 Å². The number of amides is 2. The molecule has 0 aromatic rings. The third-order valence-corrected chi connectivity index (χ3v) is 8.44. The molecular weight excluding hydrogens is 324 g/mol. The average molecular weight is 359 g/mol. The molecule has 0 radical (unpaired) electrons. The van der Waals surface area contributed by atoms with Gasteiger partial charge in [0.1, 0.15) is 0 Å². The molecule has 6 rings (SSSR count). The van der Waals surface area contributed by atoms with Gasteiger partial charge in [-0.05, 0) is 87.9 Å². The number of carbonyl (C=O) groups excluding carboxylic acids is 2. The van der Waals surface area contributed by atoms with E-state index in [1.807, 2.05) is 0 Å². The zero-order chi connectivity index (χ0) is 18.1. The first-order valence-corrected chi connectivity index (χ1v) is 11.0. The maximum atomic E-state index is 13.3. The summed E-state index contributed by atoms with van der Waals surface area (Å²) in [7, 11) is 0. The summed E-state index contributed by atoms with van der Waals surface area (Å²) in [4.78, 5) is 26.5. The van der Waals surface area contributed by atoms with Gasteiger partial charge in [0.05, 0.1) is 10.8 Å². The summed E-state index contributed by atoms with van der Waals surface area (Å²) in [6.45, 7) is 4.52. The predicted octanol–water partition coefficient (Wildman–Crippen LogP) is 3.40. The lowest BCUT2D eigenvalue weighted by molar-refractivity contribution is -0.169. The van der Waals surface area contributed by atoms with Crippen LogP contribution in [0.4, 0.5) is 0 Å². The van der Waals surface area contributed by atoms with E-state index in [0.717, 1.165) is 69.6 Å². The van der Waals surface area contributed by atoms with Gasteiger partial charge in [0, 0.05) is 12.1 Å². The largest absolute Gasteiger partial charge is 0.353 e. The Bertz CT molecular complexity index is 554. The highest BCUT2D eigenvalue weighted by Gasteiger charge is 2.63. The molecule has 6 aliphatic rings. The maximum Gasteiger partial charge on any atom is 0.226 e. The molecule has 0 aromatic heterocycles. The van der Waals surface area contributed by atoms with Crippen molar-refractivity contribution in [3.8, 4) is 0 Å². The molecule has 2 amide bonds. The Morgan fingerprint density at radius 2 is 1.08 bits per heavy atom. The Balaban J connectivity index is 1.32. The van der Waals surface area contributed by atoms with E-state index in [1.54, 1.807) is 0 Å². The van der Waals surface area contributed by atoms with E-state index < -0.39 is 0 Å². The van der Waals surface area contributed by atoms with Crippen molar-refractivity contribution >= 4 is 11.8 Å². The van der Waals surface area contributed by atoms with Crippen LogP contribution in [0, 0.1) is 34.5 Å². The monoisotopic (exact) mass is 358 g/mol. The van der Waals surface area contributed by atoms with Crippen LogP contribution >= 0.6 is 0 Å². The second-order valence-corrected chi connectivity index (χ2v) is 11.0. The van der Waals surface area contributed by atoms with Gasteiger partial charge >= 0.3 is 0 Å². The van der Waals surface area contributed by atoms with Crippen LogP contribution < -0.4 is 10.6 Å². The summed E-state index contributed by atoms with van der Waals surface area (Å²) in [6.07, 6.45) is 10.6. The molecule has 6 saturated carbocycles. The van der Waals surface area contributed by atoms with Crippen molar-refractivity contribution in [1.29, 1.82) is 0 Å². The molecule has 0 unspecified atom stereocenters. The smallest absolute Gasteiger partial charge is 0.226 e. The average Bonchev–Trinajstić information content (AvgIpc) is 2.50. The third kappa shape index (κ3) is 2.62. The standard InChI is InChI=1S/C22H34N2O2/c1-13-3-17(4-13)23-19(25)21-8-15-7-16(9-21)11-22(10-15,12-21)20(26)24-18-5-14(2)6-18/h13-18H,3-12H2,1-2H3,(H,23,25)(H,24,26). The van der Waals surface area contributed by atoms with Gasteiger partial charge in [-0.3, -0.25) is 9.59 Å². The Morgan fingerprint density at radius 1 is 0.692 bits per heavy atom. The molecule has 0 aromatic carbocycles. The molecule has 0 atom stereocenters. The van der Waals surface area contributed by atoms with Gasteiger partial charge in [0.2, 0.25) is 11.8 Å². The highest BCUT2D eigenvalue weighted by atomic mass is 16.2. The van der Waals surface area contributed by atoms with Crippen molar-refractivity contribution in [1.82, 2.24) is 10.6 Å². The normalized spacial score (nSPS) is 51.3. The van der Waals surface area contributed by atoms with Crippen LogP contribution in [0.2, 0.25) is 0 Å². The topological polar surface area (TPSA) is 58.2 Å². The highest BCUT2D eigenvalue weighted by Crippen LogP contribution is 2.65.